The molecule has 2 amide bonds. The summed E-state index contributed by atoms with van der Waals surface area (Å²) in [7, 11) is 1.34. The van der Waals surface area contributed by atoms with Crippen molar-refractivity contribution in [3.05, 3.63) is 69.3 Å². The fourth-order valence-electron chi connectivity index (χ4n) is 3.01. The van der Waals surface area contributed by atoms with Crippen LogP contribution in [0.1, 0.15) is 73.1 Å². The van der Waals surface area contributed by atoms with Gasteiger partial charge >= 0.3 is 11.8 Å². The summed E-state index contributed by atoms with van der Waals surface area (Å²) in [5, 5.41) is 39.2. The summed E-state index contributed by atoms with van der Waals surface area (Å²) in [5.74, 6) is -2.88. The molecule has 0 aliphatic rings. The maximum Gasteiger partial charge on any atom is 0.309 e. The molecule has 7 N–H and O–H groups in total. The quantitative estimate of drug-likeness (QED) is 0.217. The van der Waals surface area contributed by atoms with Crippen molar-refractivity contribution in [1.82, 2.24) is 30.4 Å². The molecule has 2 heterocycles. The minimum atomic E-state index is -1.27. The first kappa shape index (κ1) is 34.8. The van der Waals surface area contributed by atoms with Gasteiger partial charge in [0.25, 0.3) is 11.5 Å². The van der Waals surface area contributed by atoms with Crippen LogP contribution in [-0.4, -0.2) is 65.6 Å². The summed E-state index contributed by atoms with van der Waals surface area (Å²) >= 11 is 0. The van der Waals surface area contributed by atoms with Gasteiger partial charge in [-0.2, -0.15) is 0 Å². The standard InChI is InChI=1S/C20H21FN6O5.C4H11NO2.C2H6/c1-10-25-26-17(32-10)16(30)24-20(2,3)19-23-13(14(28)18(31)27(19)4)15(29)22-9-11-5-7-12(21)8-6-11;1-4(5,2-6)3-7;1-2/h5-8,28H,9H2,1-4H3,(H,22,29)(H,24,30);6-7H,2-3,5H2,1H3;1-2H3. The molecule has 0 aliphatic heterocycles. The van der Waals surface area contributed by atoms with E-state index in [-0.39, 0.29) is 37.4 Å². The number of nitrogens with zero attached hydrogens (tertiary/aromatic N) is 4. The smallest absolute Gasteiger partial charge is 0.309 e. The summed E-state index contributed by atoms with van der Waals surface area (Å²) in [4.78, 5) is 41.7. The van der Waals surface area contributed by atoms with Crippen LogP contribution in [0.5, 0.6) is 5.75 Å². The molecule has 3 aromatic rings. The van der Waals surface area contributed by atoms with Crippen molar-refractivity contribution in [3.63, 3.8) is 0 Å². The number of hydrogen-bond acceptors (Lipinski definition) is 11. The van der Waals surface area contributed by atoms with E-state index in [1.165, 1.54) is 38.2 Å². The lowest BCUT2D eigenvalue weighted by Gasteiger charge is -2.27. The van der Waals surface area contributed by atoms with E-state index in [9.17, 15) is 23.9 Å². The number of aliphatic hydroxyl groups excluding tert-OH is 2. The predicted molar refractivity (Wildman–Crippen MR) is 146 cm³/mol. The van der Waals surface area contributed by atoms with E-state index in [0.717, 1.165) is 4.57 Å². The van der Waals surface area contributed by atoms with Gasteiger partial charge in [0.05, 0.1) is 24.3 Å². The van der Waals surface area contributed by atoms with E-state index in [2.05, 4.69) is 25.8 Å². The SMILES string of the molecule is CC.CC(N)(CO)CO.Cc1nnc(C(=O)NC(C)(C)c2nc(C(=O)NCc3ccc(F)cc3)c(O)c(=O)n2C)o1. The Kier molecular flexibility index (Phi) is 12.7. The molecule has 226 valence electrons. The van der Waals surface area contributed by atoms with Crippen molar-refractivity contribution in [3.8, 4) is 5.75 Å². The number of carbonyl (C=O) groups is 2. The third-order valence-corrected chi connectivity index (χ3v) is 5.28. The predicted octanol–water partition coefficient (Wildman–Crippen LogP) is 0.626. The van der Waals surface area contributed by atoms with E-state index >= 15 is 0 Å². The fourth-order valence-corrected chi connectivity index (χ4v) is 3.01. The molecular weight excluding hydrogens is 541 g/mol. The van der Waals surface area contributed by atoms with Crippen molar-refractivity contribution >= 4 is 11.8 Å². The number of aryl methyl sites for hydroxylation is 1. The van der Waals surface area contributed by atoms with E-state index in [1.807, 2.05) is 13.8 Å². The van der Waals surface area contributed by atoms with Crippen LogP contribution in [0.3, 0.4) is 0 Å². The highest BCUT2D eigenvalue weighted by Gasteiger charge is 2.32. The molecule has 41 heavy (non-hydrogen) atoms. The first-order chi connectivity index (χ1) is 19.1. The van der Waals surface area contributed by atoms with Crippen LogP contribution in [0.15, 0.2) is 33.5 Å². The zero-order valence-corrected chi connectivity index (χ0v) is 24.1. The van der Waals surface area contributed by atoms with Crippen LogP contribution in [-0.2, 0) is 19.1 Å². The first-order valence-corrected chi connectivity index (χ1v) is 12.6. The number of amides is 2. The molecule has 2 aromatic heterocycles. The average molecular weight is 580 g/mol. The number of aliphatic hydroxyl groups is 2. The number of rotatable bonds is 8. The number of nitrogens with one attached hydrogen (secondary N) is 2. The molecular formula is C26H38FN7O7. The third-order valence-electron chi connectivity index (χ3n) is 5.28. The van der Waals surface area contributed by atoms with Crippen molar-refractivity contribution in [1.29, 1.82) is 0 Å². The second kappa shape index (κ2) is 15.0. The minimum Gasteiger partial charge on any atom is -0.501 e. The average Bonchev–Trinajstić information content (AvgIpc) is 3.39. The first-order valence-electron chi connectivity index (χ1n) is 12.6. The topological polar surface area (TPSA) is 219 Å². The minimum absolute atomic E-state index is 0.00294. The lowest BCUT2D eigenvalue weighted by molar-refractivity contribution is 0.0869. The maximum atomic E-state index is 13.0. The van der Waals surface area contributed by atoms with Crippen LogP contribution >= 0.6 is 0 Å². The van der Waals surface area contributed by atoms with Gasteiger partial charge in [0.15, 0.2) is 5.69 Å². The van der Waals surface area contributed by atoms with Gasteiger partial charge in [-0.3, -0.25) is 19.0 Å². The summed E-state index contributed by atoms with van der Waals surface area (Å²) < 4.78 is 19.1. The van der Waals surface area contributed by atoms with E-state index in [1.54, 1.807) is 20.8 Å². The van der Waals surface area contributed by atoms with Crippen molar-refractivity contribution in [2.75, 3.05) is 13.2 Å². The maximum absolute atomic E-state index is 13.0. The molecule has 0 bridgehead atoms. The van der Waals surface area contributed by atoms with E-state index in [0.29, 0.717) is 5.56 Å². The van der Waals surface area contributed by atoms with Gasteiger partial charge < -0.3 is 36.1 Å². The largest absolute Gasteiger partial charge is 0.501 e. The highest BCUT2D eigenvalue weighted by Crippen LogP contribution is 2.20. The lowest BCUT2D eigenvalue weighted by Crippen LogP contribution is -2.46. The molecule has 0 saturated carbocycles. The molecule has 0 unspecified atom stereocenters. The number of nitrogens with two attached hydrogens (primary N) is 1. The zero-order valence-electron chi connectivity index (χ0n) is 24.1. The Bertz CT molecular complexity index is 1360. The highest BCUT2D eigenvalue weighted by atomic mass is 19.1. The van der Waals surface area contributed by atoms with Crippen LogP contribution in [0.4, 0.5) is 4.39 Å². The van der Waals surface area contributed by atoms with Crippen molar-refractivity contribution < 1.29 is 33.7 Å². The van der Waals surface area contributed by atoms with Crippen molar-refractivity contribution in [2.45, 2.75) is 59.2 Å². The van der Waals surface area contributed by atoms with E-state index in [4.69, 9.17) is 20.4 Å². The van der Waals surface area contributed by atoms with Gasteiger partial charge in [-0.1, -0.05) is 26.0 Å². The molecule has 1 aromatic carbocycles. The van der Waals surface area contributed by atoms with Gasteiger partial charge in [0.2, 0.25) is 11.6 Å². The highest BCUT2D eigenvalue weighted by molar-refractivity contribution is 5.94. The number of benzene rings is 1. The van der Waals surface area contributed by atoms with Crippen LogP contribution in [0.25, 0.3) is 0 Å². The normalized spacial score (nSPS) is 11.0. The van der Waals surface area contributed by atoms with Crippen LogP contribution in [0, 0.1) is 12.7 Å². The van der Waals surface area contributed by atoms with Crippen LogP contribution < -0.4 is 21.9 Å². The monoisotopic (exact) mass is 579 g/mol. The summed E-state index contributed by atoms with van der Waals surface area (Å²) in [5.41, 5.74) is 2.35. The molecule has 0 spiro atoms. The van der Waals surface area contributed by atoms with Crippen molar-refractivity contribution in [2.24, 2.45) is 12.8 Å². The van der Waals surface area contributed by atoms with Gasteiger partial charge in [-0.25, -0.2) is 9.37 Å². The number of hydrogen-bond donors (Lipinski definition) is 6. The number of aromatic nitrogens is 4. The molecule has 0 fully saturated rings. The molecule has 0 aliphatic carbocycles. The third kappa shape index (κ3) is 9.73. The molecule has 14 nitrogen and oxygen atoms in total. The van der Waals surface area contributed by atoms with Gasteiger partial charge in [0.1, 0.15) is 11.6 Å². The Morgan fingerprint density at radius 1 is 1.07 bits per heavy atom. The van der Waals surface area contributed by atoms with Gasteiger partial charge in [0, 0.05) is 20.5 Å². The molecule has 0 saturated heterocycles. The lowest BCUT2D eigenvalue weighted by atomic mass is 10.0. The number of aromatic hydroxyl groups is 1. The molecule has 15 heteroatoms. The van der Waals surface area contributed by atoms with Gasteiger partial charge in [-0.15, -0.1) is 10.2 Å². The summed E-state index contributed by atoms with van der Waals surface area (Å²) in [6, 6.07) is 5.44. The molecule has 0 atom stereocenters. The van der Waals surface area contributed by atoms with E-state index < -0.39 is 45.7 Å². The molecule has 3 rings (SSSR count). The Labute approximate surface area is 236 Å². The Hall–Kier alpha value is -4.21. The molecule has 0 radical (unpaired) electrons. The Balaban J connectivity index is 0.000000816. The van der Waals surface area contributed by atoms with Crippen LogP contribution in [0.2, 0.25) is 0 Å². The Morgan fingerprint density at radius 3 is 2.10 bits per heavy atom. The number of carbonyl (C=O) groups excluding carboxylic acids is 2. The second-order valence-corrected chi connectivity index (χ2v) is 9.48. The van der Waals surface area contributed by atoms with Gasteiger partial charge in [-0.05, 0) is 38.5 Å². The summed E-state index contributed by atoms with van der Waals surface area (Å²) in [6.07, 6.45) is 0. The second-order valence-electron chi connectivity index (χ2n) is 9.48. The fraction of sp³-hybridized carbons (Fsp3) is 0.462. The number of halogens is 1. The zero-order chi connectivity index (χ0) is 31.5. The summed E-state index contributed by atoms with van der Waals surface area (Å²) in [6.45, 7) is 9.86. The Morgan fingerprint density at radius 2 is 1.63 bits per heavy atom.